The van der Waals surface area contributed by atoms with Crippen molar-refractivity contribution < 1.29 is 4.79 Å². The second kappa shape index (κ2) is 7.50. The standard InChI is InChI=1S/C20H22ClN5O2S/c1-20(2,3)26-17-15(10-23-26)18(28)25-14(11-29-19(25)24-17)8-16(27)22-9-12-4-6-13(21)7-5-12/h4-7,10,14H,8-9,11H2,1-3H3,(H,22,27). The number of fused-ring (bicyclic) bond motifs is 2. The lowest BCUT2D eigenvalue weighted by molar-refractivity contribution is -0.121. The van der Waals surface area contributed by atoms with Crippen LogP contribution in [0.1, 0.15) is 38.8 Å². The molecule has 3 aromatic rings. The average Bonchev–Trinajstić information content (AvgIpc) is 3.26. The maximum atomic E-state index is 13.1. The van der Waals surface area contributed by atoms with Crippen LogP contribution in [0.15, 0.2) is 40.4 Å². The van der Waals surface area contributed by atoms with Gasteiger partial charge in [0, 0.05) is 23.7 Å². The maximum Gasteiger partial charge on any atom is 0.265 e. The summed E-state index contributed by atoms with van der Waals surface area (Å²) in [6, 6.07) is 7.12. The summed E-state index contributed by atoms with van der Waals surface area (Å²) in [6.45, 7) is 6.49. The molecule has 1 aliphatic heterocycles. The predicted octanol–water partition coefficient (Wildman–Crippen LogP) is 3.35. The van der Waals surface area contributed by atoms with Gasteiger partial charge in [-0.3, -0.25) is 14.2 Å². The molecule has 1 amide bonds. The van der Waals surface area contributed by atoms with Crippen LogP contribution in [-0.2, 0) is 16.9 Å². The SMILES string of the molecule is CC(C)(C)n1ncc2c(=O)n3c(nc21)SCC3CC(=O)NCc1ccc(Cl)cc1. The van der Waals surface area contributed by atoms with Gasteiger partial charge in [-0.25, -0.2) is 9.67 Å². The number of amides is 1. The van der Waals surface area contributed by atoms with Crippen LogP contribution in [-0.4, -0.2) is 31.0 Å². The molecule has 4 rings (SSSR count). The topological polar surface area (TPSA) is 81.8 Å². The van der Waals surface area contributed by atoms with Crippen molar-refractivity contribution >= 4 is 40.3 Å². The first-order valence-electron chi connectivity index (χ1n) is 9.39. The van der Waals surface area contributed by atoms with Crippen LogP contribution >= 0.6 is 23.4 Å². The zero-order valence-electron chi connectivity index (χ0n) is 16.5. The normalized spacial score (nSPS) is 16.2. The lowest BCUT2D eigenvalue weighted by Gasteiger charge is -2.20. The Bertz CT molecular complexity index is 1130. The number of hydrogen-bond acceptors (Lipinski definition) is 5. The molecule has 1 aromatic carbocycles. The van der Waals surface area contributed by atoms with Crippen LogP contribution < -0.4 is 10.9 Å². The first-order chi connectivity index (χ1) is 13.7. The van der Waals surface area contributed by atoms with E-state index in [4.69, 9.17) is 11.6 Å². The third kappa shape index (κ3) is 3.91. The van der Waals surface area contributed by atoms with Gasteiger partial charge in [-0.2, -0.15) is 5.10 Å². The monoisotopic (exact) mass is 431 g/mol. The Morgan fingerprint density at radius 3 is 2.72 bits per heavy atom. The number of thioether (sulfide) groups is 1. The zero-order valence-corrected chi connectivity index (χ0v) is 18.0. The second-order valence-electron chi connectivity index (χ2n) is 8.11. The van der Waals surface area contributed by atoms with Gasteiger partial charge >= 0.3 is 0 Å². The number of benzene rings is 1. The van der Waals surface area contributed by atoms with E-state index in [2.05, 4.69) is 15.4 Å². The van der Waals surface area contributed by atoms with Crippen molar-refractivity contribution in [2.24, 2.45) is 0 Å². The number of carbonyl (C=O) groups is 1. The molecule has 1 atom stereocenters. The Labute approximate surface area is 177 Å². The highest BCUT2D eigenvalue weighted by Crippen LogP contribution is 2.33. The average molecular weight is 432 g/mol. The van der Waals surface area contributed by atoms with Gasteiger partial charge in [-0.05, 0) is 38.5 Å². The lowest BCUT2D eigenvalue weighted by Crippen LogP contribution is -2.31. The van der Waals surface area contributed by atoms with Crippen molar-refractivity contribution in [3.05, 3.63) is 51.4 Å². The highest BCUT2D eigenvalue weighted by atomic mass is 35.5. The molecular formula is C20H22ClN5O2S. The van der Waals surface area contributed by atoms with Crippen LogP contribution in [0.4, 0.5) is 0 Å². The smallest absolute Gasteiger partial charge is 0.265 e. The van der Waals surface area contributed by atoms with Crippen molar-refractivity contribution in [3.63, 3.8) is 0 Å². The predicted molar refractivity (Wildman–Crippen MR) is 114 cm³/mol. The minimum absolute atomic E-state index is 0.101. The van der Waals surface area contributed by atoms with Gasteiger partial charge in [0.05, 0.1) is 17.8 Å². The summed E-state index contributed by atoms with van der Waals surface area (Å²) in [5.74, 6) is 0.544. The Hall–Kier alpha value is -2.32. The number of aromatic nitrogens is 4. The molecular weight excluding hydrogens is 410 g/mol. The van der Waals surface area contributed by atoms with Gasteiger partial charge in [0.1, 0.15) is 5.39 Å². The Kier molecular flexibility index (Phi) is 5.16. The summed E-state index contributed by atoms with van der Waals surface area (Å²) < 4.78 is 3.42. The van der Waals surface area contributed by atoms with Gasteiger partial charge < -0.3 is 5.32 Å². The van der Waals surface area contributed by atoms with E-state index in [9.17, 15) is 9.59 Å². The zero-order chi connectivity index (χ0) is 20.8. The molecule has 152 valence electrons. The highest BCUT2D eigenvalue weighted by Gasteiger charge is 2.30. The van der Waals surface area contributed by atoms with Crippen LogP contribution in [0.2, 0.25) is 5.02 Å². The summed E-state index contributed by atoms with van der Waals surface area (Å²) in [4.78, 5) is 30.2. The number of rotatable bonds is 4. The highest BCUT2D eigenvalue weighted by molar-refractivity contribution is 7.99. The van der Waals surface area contributed by atoms with Crippen LogP contribution in [0, 0.1) is 0 Å². The van der Waals surface area contributed by atoms with Gasteiger partial charge in [0.2, 0.25) is 5.91 Å². The second-order valence-corrected chi connectivity index (χ2v) is 9.53. The molecule has 1 N–H and O–H groups in total. The van der Waals surface area contributed by atoms with Crippen molar-refractivity contribution in [2.75, 3.05) is 5.75 Å². The molecule has 0 fully saturated rings. The Morgan fingerprint density at radius 1 is 1.31 bits per heavy atom. The van der Waals surface area contributed by atoms with E-state index >= 15 is 0 Å². The lowest BCUT2D eigenvalue weighted by atomic mass is 10.1. The number of nitrogens with zero attached hydrogens (tertiary/aromatic N) is 4. The van der Waals surface area contributed by atoms with Gasteiger partial charge in [0.25, 0.3) is 5.56 Å². The fourth-order valence-electron chi connectivity index (χ4n) is 3.36. The van der Waals surface area contributed by atoms with Crippen molar-refractivity contribution in [1.82, 2.24) is 24.6 Å². The van der Waals surface area contributed by atoms with Gasteiger partial charge in [0.15, 0.2) is 10.8 Å². The van der Waals surface area contributed by atoms with E-state index in [1.165, 1.54) is 11.8 Å². The Morgan fingerprint density at radius 2 is 2.03 bits per heavy atom. The number of nitrogens with one attached hydrogen (secondary N) is 1. The molecule has 1 unspecified atom stereocenters. The fourth-order valence-corrected chi connectivity index (χ4v) is 4.62. The third-order valence-corrected chi connectivity index (χ3v) is 6.18. The van der Waals surface area contributed by atoms with E-state index in [1.807, 2.05) is 32.9 Å². The largest absolute Gasteiger partial charge is 0.352 e. The van der Waals surface area contributed by atoms with E-state index in [1.54, 1.807) is 27.6 Å². The first kappa shape index (κ1) is 20.0. The van der Waals surface area contributed by atoms with E-state index in [0.29, 0.717) is 33.5 Å². The van der Waals surface area contributed by atoms with Gasteiger partial charge in [-0.15, -0.1) is 0 Å². The minimum Gasteiger partial charge on any atom is -0.352 e. The van der Waals surface area contributed by atoms with E-state index < -0.39 is 0 Å². The van der Waals surface area contributed by atoms with Crippen molar-refractivity contribution in [3.8, 4) is 0 Å². The molecule has 1 aliphatic rings. The molecule has 0 saturated heterocycles. The number of hydrogen-bond donors (Lipinski definition) is 1. The van der Waals surface area contributed by atoms with Crippen LogP contribution in [0.3, 0.4) is 0 Å². The molecule has 7 nitrogen and oxygen atoms in total. The molecule has 0 radical (unpaired) electrons. The quantitative estimate of drug-likeness (QED) is 0.640. The summed E-state index contributed by atoms with van der Waals surface area (Å²) in [5.41, 5.74) is 1.15. The van der Waals surface area contributed by atoms with E-state index in [-0.39, 0.29) is 29.5 Å². The summed E-state index contributed by atoms with van der Waals surface area (Å²) in [5, 5.41) is 9.07. The molecule has 0 spiro atoms. The summed E-state index contributed by atoms with van der Waals surface area (Å²) in [7, 11) is 0. The number of carbonyl (C=O) groups excluding carboxylic acids is 1. The molecule has 3 heterocycles. The fraction of sp³-hybridized carbons (Fsp3) is 0.400. The van der Waals surface area contributed by atoms with Gasteiger partial charge in [-0.1, -0.05) is 35.5 Å². The number of halogens is 1. The maximum absolute atomic E-state index is 13.1. The molecule has 29 heavy (non-hydrogen) atoms. The molecule has 9 heteroatoms. The summed E-state index contributed by atoms with van der Waals surface area (Å²) >= 11 is 7.39. The Balaban J connectivity index is 1.53. The molecule has 0 aliphatic carbocycles. The molecule has 0 saturated carbocycles. The summed E-state index contributed by atoms with van der Waals surface area (Å²) in [6.07, 6.45) is 1.80. The minimum atomic E-state index is -0.273. The first-order valence-corrected chi connectivity index (χ1v) is 10.7. The van der Waals surface area contributed by atoms with Crippen LogP contribution in [0.25, 0.3) is 11.0 Å². The van der Waals surface area contributed by atoms with Crippen molar-refractivity contribution in [2.45, 2.75) is 50.5 Å². The van der Waals surface area contributed by atoms with Crippen molar-refractivity contribution in [1.29, 1.82) is 0 Å². The molecule has 2 aromatic heterocycles. The molecule has 0 bridgehead atoms. The third-order valence-electron chi connectivity index (χ3n) is 4.83. The van der Waals surface area contributed by atoms with E-state index in [0.717, 1.165) is 5.56 Å². The van der Waals surface area contributed by atoms with Crippen LogP contribution in [0.5, 0.6) is 0 Å².